The molecule has 0 saturated heterocycles. The highest BCUT2D eigenvalue weighted by atomic mass is 14.9. The summed E-state index contributed by atoms with van der Waals surface area (Å²) in [6.45, 7) is 2.24. The van der Waals surface area contributed by atoms with E-state index in [4.69, 9.17) is 0 Å². The van der Waals surface area contributed by atoms with Gasteiger partial charge in [0, 0.05) is 28.7 Å². The van der Waals surface area contributed by atoms with E-state index in [-0.39, 0.29) is 0 Å². The summed E-state index contributed by atoms with van der Waals surface area (Å²) >= 11 is 0. The van der Waals surface area contributed by atoms with E-state index in [9.17, 15) is 0 Å². The molecule has 5 rings (SSSR count). The fourth-order valence-electron chi connectivity index (χ4n) is 4.30. The first-order chi connectivity index (χ1) is 12.3. The largest absolute Gasteiger partial charge is 0.343 e. The Bertz CT molecular complexity index is 1260. The van der Waals surface area contributed by atoms with Crippen LogP contribution >= 0.6 is 0 Å². The van der Waals surface area contributed by atoms with Crippen LogP contribution in [0.15, 0.2) is 66.7 Å². The molecule has 5 aromatic rings. The van der Waals surface area contributed by atoms with Crippen LogP contribution in [0, 0.1) is 0 Å². The minimum atomic E-state index is 1.14. The highest BCUT2D eigenvalue weighted by molar-refractivity contribution is 6.22. The van der Waals surface area contributed by atoms with Gasteiger partial charge in [-0.05, 0) is 34.2 Å². The summed E-state index contributed by atoms with van der Waals surface area (Å²) in [6, 6.07) is 24.7. The maximum absolute atomic E-state index is 2.38. The van der Waals surface area contributed by atoms with Crippen LogP contribution in [0.25, 0.3) is 43.4 Å². The van der Waals surface area contributed by atoms with Gasteiger partial charge >= 0.3 is 0 Å². The van der Waals surface area contributed by atoms with Crippen LogP contribution < -0.4 is 0 Å². The average molecular weight is 323 g/mol. The van der Waals surface area contributed by atoms with Gasteiger partial charge in [-0.15, -0.1) is 0 Å². The van der Waals surface area contributed by atoms with Gasteiger partial charge in [0.2, 0.25) is 0 Å². The van der Waals surface area contributed by atoms with Gasteiger partial charge in [-0.25, -0.2) is 0 Å². The van der Waals surface area contributed by atoms with Crippen molar-refractivity contribution >= 4 is 43.4 Å². The molecule has 0 aliphatic carbocycles. The first-order valence-electron chi connectivity index (χ1n) is 9.09. The van der Waals surface area contributed by atoms with Crippen molar-refractivity contribution in [3.05, 3.63) is 72.3 Å². The average Bonchev–Trinajstić information content (AvgIpc) is 2.94. The quantitative estimate of drug-likeness (QED) is 0.323. The molecule has 0 saturated carbocycles. The number of fused-ring (bicyclic) bond motifs is 7. The molecule has 25 heavy (non-hydrogen) atoms. The number of aryl methyl sites for hydroxylation is 2. The predicted molar refractivity (Wildman–Crippen MR) is 109 cm³/mol. The lowest BCUT2D eigenvalue weighted by atomic mass is 9.99. The third-order valence-electron chi connectivity index (χ3n) is 5.49. The van der Waals surface area contributed by atoms with Gasteiger partial charge in [0.1, 0.15) is 0 Å². The van der Waals surface area contributed by atoms with Gasteiger partial charge < -0.3 is 4.57 Å². The molecular weight excluding hydrogens is 302 g/mol. The fourth-order valence-corrected chi connectivity index (χ4v) is 4.30. The fraction of sp³-hybridized carbons (Fsp3) is 0.167. The molecule has 1 heteroatoms. The van der Waals surface area contributed by atoms with Crippen molar-refractivity contribution < 1.29 is 0 Å². The van der Waals surface area contributed by atoms with E-state index >= 15 is 0 Å². The van der Waals surface area contributed by atoms with E-state index in [2.05, 4.69) is 85.3 Å². The normalized spacial score (nSPS) is 11.9. The van der Waals surface area contributed by atoms with Crippen molar-refractivity contribution in [2.24, 2.45) is 7.05 Å². The number of aromatic nitrogens is 1. The maximum Gasteiger partial charge on any atom is 0.0568 e. The molecule has 0 amide bonds. The van der Waals surface area contributed by atoms with Crippen LogP contribution in [0.4, 0.5) is 0 Å². The lowest BCUT2D eigenvalue weighted by molar-refractivity contribution is 0.920. The van der Waals surface area contributed by atoms with E-state index < -0.39 is 0 Å². The van der Waals surface area contributed by atoms with Gasteiger partial charge in [0.05, 0.1) is 5.52 Å². The molecule has 0 radical (unpaired) electrons. The zero-order valence-electron chi connectivity index (χ0n) is 14.7. The minimum absolute atomic E-state index is 1.14. The zero-order chi connectivity index (χ0) is 17.0. The Hall–Kier alpha value is -2.80. The molecule has 0 N–H and O–H groups in total. The number of rotatable bonds is 2. The summed E-state index contributed by atoms with van der Waals surface area (Å²) < 4.78 is 2.38. The minimum Gasteiger partial charge on any atom is -0.343 e. The Morgan fingerprint density at radius 3 is 2.32 bits per heavy atom. The molecule has 0 bridgehead atoms. The number of hydrogen-bond acceptors (Lipinski definition) is 0. The van der Waals surface area contributed by atoms with Crippen LogP contribution in [0.2, 0.25) is 0 Å². The second kappa shape index (κ2) is 5.35. The highest BCUT2D eigenvalue weighted by Gasteiger charge is 2.12. The Labute approximate surface area is 147 Å². The highest BCUT2D eigenvalue weighted by Crippen LogP contribution is 2.36. The van der Waals surface area contributed by atoms with Crippen LogP contribution in [0.3, 0.4) is 0 Å². The maximum atomic E-state index is 2.38. The molecule has 1 nitrogen and oxygen atoms in total. The lowest BCUT2D eigenvalue weighted by Gasteiger charge is -2.07. The van der Waals surface area contributed by atoms with Gasteiger partial charge in [-0.1, -0.05) is 74.0 Å². The van der Waals surface area contributed by atoms with Gasteiger partial charge in [0.15, 0.2) is 0 Å². The molecule has 0 aliphatic rings. The van der Waals surface area contributed by atoms with Gasteiger partial charge in [0.25, 0.3) is 0 Å². The summed E-state index contributed by atoms with van der Waals surface area (Å²) in [6.07, 6.45) is 2.33. The number of nitrogens with zero attached hydrogens (tertiary/aromatic N) is 1. The molecule has 0 aliphatic heterocycles. The van der Waals surface area contributed by atoms with Gasteiger partial charge in [-0.3, -0.25) is 0 Å². The molecule has 0 fully saturated rings. The molecule has 122 valence electrons. The van der Waals surface area contributed by atoms with E-state index in [1.54, 1.807) is 0 Å². The van der Waals surface area contributed by atoms with Crippen LogP contribution in [0.5, 0.6) is 0 Å². The topological polar surface area (TPSA) is 4.93 Å². The Balaban J connectivity index is 1.95. The van der Waals surface area contributed by atoms with Crippen molar-refractivity contribution in [2.75, 3.05) is 0 Å². The first-order valence-corrected chi connectivity index (χ1v) is 9.09. The summed E-state index contributed by atoms with van der Waals surface area (Å²) in [5, 5.41) is 8.02. The van der Waals surface area contributed by atoms with E-state index in [1.165, 1.54) is 55.3 Å². The number of benzene rings is 4. The predicted octanol–water partition coefficient (Wildman–Crippen LogP) is 6.59. The Morgan fingerprint density at radius 1 is 0.720 bits per heavy atom. The third kappa shape index (κ3) is 2.02. The summed E-state index contributed by atoms with van der Waals surface area (Å²) in [5.74, 6) is 0. The SMILES string of the molecule is CCCc1ccc2c3ccc4c5ccccc5ccc4c3n(C)c2c1. The summed E-state index contributed by atoms with van der Waals surface area (Å²) in [7, 11) is 2.20. The number of hydrogen-bond donors (Lipinski definition) is 0. The van der Waals surface area contributed by atoms with Crippen LogP contribution in [0.1, 0.15) is 18.9 Å². The van der Waals surface area contributed by atoms with Crippen LogP contribution in [-0.4, -0.2) is 4.57 Å². The van der Waals surface area contributed by atoms with E-state index in [0.717, 1.165) is 6.42 Å². The molecular formula is C24H21N. The monoisotopic (exact) mass is 323 g/mol. The second-order valence-electron chi connectivity index (χ2n) is 7.00. The molecule has 1 heterocycles. The molecule has 0 spiro atoms. The van der Waals surface area contributed by atoms with Gasteiger partial charge in [-0.2, -0.15) is 0 Å². The van der Waals surface area contributed by atoms with Crippen LogP contribution in [-0.2, 0) is 13.5 Å². The van der Waals surface area contributed by atoms with E-state index in [1.807, 2.05) is 0 Å². The van der Waals surface area contributed by atoms with Crippen molar-refractivity contribution in [3.8, 4) is 0 Å². The third-order valence-corrected chi connectivity index (χ3v) is 5.49. The van der Waals surface area contributed by atoms with Crippen molar-refractivity contribution in [1.82, 2.24) is 4.57 Å². The summed E-state index contributed by atoms with van der Waals surface area (Å²) in [4.78, 5) is 0. The lowest BCUT2D eigenvalue weighted by Crippen LogP contribution is -1.90. The van der Waals surface area contributed by atoms with E-state index in [0.29, 0.717) is 0 Å². The van der Waals surface area contributed by atoms with Crippen molar-refractivity contribution in [3.63, 3.8) is 0 Å². The first kappa shape index (κ1) is 14.5. The summed E-state index contributed by atoms with van der Waals surface area (Å²) in [5.41, 5.74) is 4.10. The Kier molecular flexibility index (Phi) is 3.11. The molecule has 0 unspecified atom stereocenters. The molecule has 4 aromatic carbocycles. The molecule has 0 atom stereocenters. The second-order valence-corrected chi connectivity index (χ2v) is 7.00. The smallest absolute Gasteiger partial charge is 0.0568 e. The zero-order valence-corrected chi connectivity index (χ0v) is 14.7. The standard InChI is InChI=1S/C24H21N/c1-3-6-16-9-11-20-22-14-13-19-18-8-5-4-7-17(18)10-12-21(19)24(22)25(2)23(20)15-16/h4-5,7-15H,3,6H2,1-2H3. The van der Waals surface area contributed by atoms with Crippen molar-refractivity contribution in [1.29, 1.82) is 0 Å². The Morgan fingerprint density at radius 2 is 1.44 bits per heavy atom. The molecule has 1 aromatic heterocycles. The van der Waals surface area contributed by atoms with Crippen molar-refractivity contribution in [2.45, 2.75) is 19.8 Å².